The first kappa shape index (κ1) is 16.5. The molecule has 1 rings (SSSR count). The second-order valence-electron chi connectivity index (χ2n) is 4.85. The molecular formula is C15H21ClN2O2. The fourth-order valence-corrected chi connectivity index (χ4v) is 1.92. The van der Waals surface area contributed by atoms with Crippen molar-refractivity contribution in [2.24, 2.45) is 0 Å². The van der Waals surface area contributed by atoms with Gasteiger partial charge in [0, 0.05) is 32.1 Å². The van der Waals surface area contributed by atoms with Crippen LogP contribution in [0, 0.1) is 0 Å². The Morgan fingerprint density at radius 3 is 2.20 bits per heavy atom. The summed E-state index contributed by atoms with van der Waals surface area (Å²) >= 11 is 5.73. The first-order chi connectivity index (χ1) is 9.49. The highest BCUT2D eigenvalue weighted by Gasteiger charge is 2.18. The third-order valence-electron chi connectivity index (χ3n) is 2.96. The molecule has 0 atom stereocenters. The van der Waals surface area contributed by atoms with Crippen molar-refractivity contribution in [3.8, 4) is 0 Å². The lowest BCUT2D eigenvalue weighted by atomic mass is 10.1. The molecular weight excluding hydrogens is 276 g/mol. The number of rotatable bonds is 6. The number of nitrogens with zero attached hydrogens (tertiary/aromatic N) is 2. The molecule has 0 fully saturated rings. The molecule has 1 aromatic rings. The van der Waals surface area contributed by atoms with Crippen LogP contribution in [0.4, 0.5) is 0 Å². The fraction of sp³-hybridized carbons (Fsp3) is 0.467. The van der Waals surface area contributed by atoms with Crippen molar-refractivity contribution in [2.45, 2.75) is 19.2 Å². The van der Waals surface area contributed by atoms with Gasteiger partial charge in [0.1, 0.15) is 6.54 Å². The molecule has 0 aliphatic heterocycles. The van der Waals surface area contributed by atoms with Crippen LogP contribution >= 0.6 is 11.6 Å². The van der Waals surface area contributed by atoms with Crippen molar-refractivity contribution in [3.63, 3.8) is 0 Å². The van der Waals surface area contributed by atoms with Gasteiger partial charge in [0.2, 0.25) is 5.91 Å². The zero-order chi connectivity index (χ0) is 15.1. The van der Waals surface area contributed by atoms with Crippen molar-refractivity contribution >= 4 is 23.4 Å². The second kappa shape index (κ2) is 7.90. The average Bonchev–Trinajstić information content (AvgIpc) is 2.46. The molecule has 0 aliphatic carbocycles. The van der Waals surface area contributed by atoms with E-state index in [1.807, 2.05) is 19.1 Å². The summed E-state index contributed by atoms with van der Waals surface area (Å²) < 4.78 is 0. The Balaban J connectivity index is 2.84. The zero-order valence-corrected chi connectivity index (χ0v) is 13.0. The summed E-state index contributed by atoms with van der Waals surface area (Å²) in [5.41, 5.74) is 1.55. The minimum absolute atomic E-state index is 0.0795. The highest BCUT2D eigenvalue weighted by atomic mass is 35.5. The van der Waals surface area contributed by atoms with Gasteiger partial charge in [0.25, 0.3) is 5.91 Å². The van der Waals surface area contributed by atoms with E-state index in [4.69, 9.17) is 11.6 Å². The van der Waals surface area contributed by atoms with E-state index in [2.05, 4.69) is 0 Å². The van der Waals surface area contributed by atoms with Gasteiger partial charge in [-0.05, 0) is 24.1 Å². The van der Waals surface area contributed by atoms with Gasteiger partial charge in [0.15, 0.2) is 0 Å². The summed E-state index contributed by atoms with van der Waals surface area (Å²) in [5.74, 6) is 0.221. The van der Waals surface area contributed by atoms with Gasteiger partial charge in [-0.3, -0.25) is 9.59 Å². The number of amides is 2. The van der Waals surface area contributed by atoms with Crippen molar-refractivity contribution in [3.05, 3.63) is 35.4 Å². The normalized spacial score (nSPS) is 10.2. The van der Waals surface area contributed by atoms with E-state index < -0.39 is 0 Å². The van der Waals surface area contributed by atoms with Crippen molar-refractivity contribution in [2.75, 3.05) is 27.2 Å². The summed E-state index contributed by atoms with van der Waals surface area (Å²) in [6, 6.07) is 7.17. The van der Waals surface area contributed by atoms with Gasteiger partial charge in [-0.15, -0.1) is 11.6 Å². The highest BCUT2D eigenvalue weighted by Crippen LogP contribution is 2.10. The predicted octanol–water partition coefficient (Wildman–Crippen LogP) is 2.37. The molecule has 1 aromatic carbocycles. The monoisotopic (exact) mass is 296 g/mol. The number of alkyl halides is 1. The van der Waals surface area contributed by atoms with Crippen molar-refractivity contribution in [1.82, 2.24) is 9.80 Å². The first-order valence-electron chi connectivity index (χ1n) is 6.64. The van der Waals surface area contributed by atoms with Gasteiger partial charge in [0.05, 0.1) is 0 Å². The van der Waals surface area contributed by atoms with E-state index in [9.17, 15) is 9.59 Å². The number of likely N-dealkylation sites (N-methyl/N-ethyl adjacent to an activating group) is 1. The molecule has 0 saturated heterocycles. The Kier molecular flexibility index (Phi) is 6.52. The van der Waals surface area contributed by atoms with Crippen LogP contribution in [0.5, 0.6) is 0 Å². The van der Waals surface area contributed by atoms with E-state index in [1.54, 1.807) is 31.1 Å². The topological polar surface area (TPSA) is 40.6 Å². The lowest BCUT2D eigenvalue weighted by molar-refractivity contribution is -0.129. The van der Waals surface area contributed by atoms with Crippen LogP contribution in [0.25, 0.3) is 0 Å². The van der Waals surface area contributed by atoms with Gasteiger partial charge < -0.3 is 9.80 Å². The molecule has 0 saturated carbocycles. The Morgan fingerprint density at radius 2 is 1.75 bits per heavy atom. The summed E-state index contributed by atoms with van der Waals surface area (Å²) in [7, 11) is 3.37. The number of halogens is 1. The summed E-state index contributed by atoms with van der Waals surface area (Å²) in [6.45, 7) is 2.66. The molecule has 5 heteroatoms. The molecule has 2 amide bonds. The average molecular weight is 297 g/mol. The molecule has 0 unspecified atom stereocenters. The maximum absolute atomic E-state index is 12.4. The molecule has 0 heterocycles. The largest absolute Gasteiger partial charge is 0.347 e. The Hall–Kier alpha value is -1.55. The number of carbonyl (C=O) groups is 2. The maximum Gasteiger partial charge on any atom is 0.254 e. The molecule has 4 nitrogen and oxygen atoms in total. The van der Waals surface area contributed by atoms with Crippen LogP contribution in [-0.2, 0) is 10.7 Å². The second-order valence-corrected chi connectivity index (χ2v) is 5.11. The van der Waals surface area contributed by atoms with Gasteiger partial charge >= 0.3 is 0 Å². The quantitative estimate of drug-likeness (QED) is 0.756. The number of hydrogen-bond acceptors (Lipinski definition) is 2. The SMILES string of the molecule is CCCN(CC(=O)N(C)C)C(=O)c1ccc(CCl)cc1. The van der Waals surface area contributed by atoms with Crippen molar-refractivity contribution < 1.29 is 9.59 Å². The third-order valence-corrected chi connectivity index (χ3v) is 3.27. The molecule has 0 N–H and O–H groups in total. The maximum atomic E-state index is 12.4. The standard InChI is InChI=1S/C15H21ClN2O2/c1-4-9-18(11-14(19)17(2)3)15(20)13-7-5-12(10-16)6-8-13/h5-8H,4,9-11H2,1-3H3. The van der Waals surface area contributed by atoms with Crippen LogP contribution in [0.1, 0.15) is 29.3 Å². The molecule has 0 radical (unpaired) electrons. The lowest BCUT2D eigenvalue weighted by Crippen LogP contribution is -2.40. The third kappa shape index (κ3) is 4.53. The molecule has 0 aliphatic rings. The summed E-state index contributed by atoms with van der Waals surface area (Å²) in [4.78, 5) is 27.3. The van der Waals surface area contributed by atoms with Crippen LogP contribution in [-0.4, -0.2) is 48.8 Å². The van der Waals surface area contributed by atoms with Crippen LogP contribution < -0.4 is 0 Å². The van der Waals surface area contributed by atoms with Crippen LogP contribution in [0.15, 0.2) is 24.3 Å². The number of hydrogen-bond donors (Lipinski definition) is 0. The summed E-state index contributed by atoms with van der Waals surface area (Å²) in [5, 5.41) is 0. The number of carbonyl (C=O) groups excluding carboxylic acids is 2. The smallest absolute Gasteiger partial charge is 0.254 e. The van der Waals surface area contributed by atoms with E-state index in [0.29, 0.717) is 18.0 Å². The summed E-state index contributed by atoms with van der Waals surface area (Å²) in [6.07, 6.45) is 0.812. The fourth-order valence-electron chi connectivity index (χ4n) is 1.75. The van der Waals surface area contributed by atoms with E-state index >= 15 is 0 Å². The molecule has 0 aromatic heterocycles. The zero-order valence-electron chi connectivity index (χ0n) is 12.2. The Bertz CT molecular complexity index is 457. The predicted molar refractivity (Wildman–Crippen MR) is 80.9 cm³/mol. The molecule has 0 bridgehead atoms. The van der Waals surface area contributed by atoms with Gasteiger partial charge in [-0.2, -0.15) is 0 Å². The van der Waals surface area contributed by atoms with Crippen molar-refractivity contribution in [1.29, 1.82) is 0 Å². The molecule has 20 heavy (non-hydrogen) atoms. The van der Waals surface area contributed by atoms with E-state index in [-0.39, 0.29) is 18.4 Å². The first-order valence-corrected chi connectivity index (χ1v) is 7.17. The van der Waals surface area contributed by atoms with Gasteiger partial charge in [-0.25, -0.2) is 0 Å². The minimum atomic E-state index is -0.122. The molecule has 110 valence electrons. The number of benzene rings is 1. The highest BCUT2D eigenvalue weighted by molar-refractivity contribution is 6.17. The minimum Gasteiger partial charge on any atom is -0.347 e. The van der Waals surface area contributed by atoms with E-state index in [0.717, 1.165) is 12.0 Å². The van der Waals surface area contributed by atoms with Crippen LogP contribution in [0.3, 0.4) is 0 Å². The lowest BCUT2D eigenvalue weighted by Gasteiger charge is -2.23. The van der Waals surface area contributed by atoms with Crippen LogP contribution in [0.2, 0.25) is 0 Å². The molecule has 0 spiro atoms. The van der Waals surface area contributed by atoms with E-state index in [1.165, 1.54) is 4.90 Å². The Labute approximate surface area is 125 Å². The Morgan fingerprint density at radius 1 is 1.15 bits per heavy atom. The van der Waals surface area contributed by atoms with Gasteiger partial charge in [-0.1, -0.05) is 19.1 Å².